The molecule has 3 aromatic rings. The predicted octanol–water partition coefficient (Wildman–Crippen LogP) is 7.09. The van der Waals surface area contributed by atoms with E-state index in [9.17, 15) is 23.9 Å². The molecule has 7 heteroatoms. The minimum Gasteiger partial charge on any atom is -0.479 e. The molecule has 0 radical (unpaired) electrons. The van der Waals surface area contributed by atoms with E-state index in [4.69, 9.17) is 0 Å². The van der Waals surface area contributed by atoms with Crippen LogP contribution in [0.3, 0.4) is 0 Å². The fraction of sp³-hybridized carbons (Fsp3) is 0.406. The van der Waals surface area contributed by atoms with Crippen LogP contribution in [0.5, 0.6) is 0 Å². The SMILES string of the molecule is Cc1cccc(C(=O)C2C(c3sccc3C)N(C(=O)C3CCCCC3)C(C)(C(=O)O)C2c2ccc(F)cc2)c1. The highest BCUT2D eigenvalue weighted by Gasteiger charge is 2.65. The van der Waals surface area contributed by atoms with Crippen molar-refractivity contribution in [2.24, 2.45) is 11.8 Å². The number of Topliss-reactive ketones (excluding diaryl/α,β-unsaturated/α-hetero) is 1. The number of halogens is 1. The van der Waals surface area contributed by atoms with Crippen LogP contribution in [0.1, 0.15) is 82.9 Å². The van der Waals surface area contributed by atoms with Crippen molar-refractivity contribution in [2.75, 3.05) is 0 Å². The second-order valence-corrected chi connectivity index (χ2v) is 12.1. The number of hydrogen-bond acceptors (Lipinski definition) is 4. The van der Waals surface area contributed by atoms with Crippen molar-refractivity contribution < 1.29 is 23.9 Å². The molecule has 1 aliphatic carbocycles. The highest BCUT2D eigenvalue weighted by molar-refractivity contribution is 7.10. The number of aliphatic carboxylic acids is 1. The average molecular weight is 548 g/mol. The molecule has 0 bridgehead atoms. The molecule has 1 aromatic heterocycles. The summed E-state index contributed by atoms with van der Waals surface area (Å²) in [6.45, 7) is 5.42. The average Bonchev–Trinajstić information content (AvgIpc) is 3.47. The van der Waals surface area contributed by atoms with E-state index in [0.29, 0.717) is 24.0 Å². The van der Waals surface area contributed by atoms with Gasteiger partial charge in [0.05, 0.1) is 12.0 Å². The monoisotopic (exact) mass is 547 g/mol. The number of ketones is 1. The molecule has 2 aromatic carbocycles. The van der Waals surface area contributed by atoms with Crippen molar-refractivity contribution in [3.05, 3.63) is 92.9 Å². The number of thiophene rings is 1. The fourth-order valence-electron chi connectivity index (χ4n) is 6.73. The lowest BCUT2D eigenvalue weighted by Crippen LogP contribution is -2.55. The molecule has 1 N–H and O–H groups in total. The summed E-state index contributed by atoms with van der Waals surface area (Å²) < 4.78 is 14.0. The van der Waals surface area contributed by atoms with E-state index in [2.05, 4.69) is 0 Å². The number of nitrogens with zero attached hydrogens (tertiary/aromatic N) is 1. The Morgan fingerprint density at radius 2 is 1.69 bits per heavy atom. The second-order valence-electron chi connectivity index (χ2n) is 11.2. The van der Waals surface area contributed by atoms with Crippen molar-refractivity contribution >= 4 is 29.0 Å². The molecule has 1 amide bonds. The van der Waals surface area contributed by atoms with Crippen LogP contribution in [0.15, 0.2) is 60.0 Å². The molecule has 1 saturated carbocycles. The molecule has 1 saturated heterocycles. The summed E-state index contributed by atoms with van der Waals surface area (Å²) in [5.41, 5.74) is 1.12. The lowest BCUT2D eigenvalue weighted by atomic mass is 9.72. The Kier molecular flexibility index (Phi) is 7.47. The van der Waals surface area contributed by atoms with Crippen LogP contribution in [0.4, 0.5) is 4.39 Å². The third-order valence-electron chi connectivity index (χ3n) is 8.71. The maximum absolute atomic E-state index is 14.5. The van der Waals surface area contributed by atoms with E-state index in [-0.39, 0.29) is 17.6 Å². The van der Waals surface area contributed by atoms with Crippen molar-refractivity contribution in [3.8, 4) is 0 Å². The molecule has 5 rings (SSSR count). The third-order valence-corrected chi connectivity index (χ3v) is 9.80. The van der Waals surface area contributed by atoms with Gasteiger partial charge in [-0.2, -0.15) is 0 Å². The first-order chi connectivity index (χ1) is 18.6. The first kappa shape index (κ1) is 27.3. The number of likely N-dealkylation sites (tertiary alicyclic amines) is 1. The number of rotatable bonds is 6. The van der Waals surface area contributed by atoms with Gasteiger partial charge in [-0.25, -0.2) is 9.18 Å². The lowest BCUT2D eigenvalue weighted by molar-refractivity contribution is -0.160. The van der Waals surface area contributed by atoms with Gasteiger partial charge in [-0.05, 0) is 74.4 Å². The van der Waals surface area contributed by atoms with Crippen molar-refractivity contribution in [2.45, 2.75) is 70.4 Å². The van der Waals surface area contributed by atoms with Gasteiger partial charge in [0.1, 0.15) is 11.4 Å². The topological polar surface area (TPSA) is 74.7 Å². The largest absolute Gasteiger partial charge is 0.479 e. The molecule has 2 fully saturated rings. The summed E-state index contributed by atoms with van der Waals surface area (Å²) in [4.78, 5) is 44.7. The molecule has 1 aliphatic heterocycles. The summed E-state index contributed by atoms with van der Waals surface area (Å²) in [7, 11) is 0. The molecule has 4 unspecified atom stereocenters. The standard InChI is InChI=1S/C32H34FNO4S/c1-19-8-7-11-23(18-19)28(35)25-26(21-12-14-24(33)15-13-21)32(3,31(37)38)34(27(25)29-20(2)16-17-39-29)30(36)22-9-5-4-6-10-22/h7-8,11-18,22,25-27H,4-6,9-10H2,1-3H3,(H,37,38). The molecular weight excluding hydrogens is 513 g/mol. The Bertz CT molecular complexity index is 1390. The molecule has 4 atom stereocenters. The first-order valence-electron chi connectivity index (χ1n) is 13.6. The van der Waals surface area contributed by atoms with Crippen molar-refractivity contribution in [1.82, 2.24) is 4.90 Å². The van der Waals surface area contributed by atoms with Gasteiger partial charge in [-0.1, -0.05) is 55.2 Å². The maximum atomic E-state index is 14.5. The number of carboxylic acid groups (broad SMARTS) is 1. The van der Waals surface area contributed by atoms with E-state index < -0.39 is 35.2 Å². The Labute approximate surface area is 232 Å². The zero-order chi connectivity index (χ0) is 27.9. The summed E-state index contributed by atoms with van der Waals surface area (Å²) in [6, 6.07) is 14.2. The van der Waals surface area contributed by atoms with Crippen molar-refractivity contribution in [1.29, 1.82) is 0 Å². The van der Waals surface area contributed by atoms with Crippen LogP contribution in [0.25, 0.3) is 0 Å². The van der Waals surface area contributed by atoms with Gasteiger partial charge in [0.25, 0.3) is 0 Å². The van der Waals surface area contributed by atoms with Gasteiger partial charge in [-0.15, -0.1) is 11.3 Å². The Morgan fingerprint density at radius 1 is 1.00 bits per heavy atom. The first-order valence-corrected chi connectivity index (χ1v) is 14.5. The smallest absolute Gasteiger partial charge is 0.330 e. The quantitative estimate of drug-likeness (QED) is 0.334. The molecule has 5 nitrogen and oxygen atoms in total. The van der Waals surface area contributed by atoms with Gasteiger partial charge in [0.15, 0.2) is 5.78 Å². The van der Waals surface area contributed by atoms with Gasteiger partial charge >= 0.3 is 5.97 Å². The normalized spacial score (nSPS) is 25.5. The van der Waals surface area contributed by atoms with Crippen LogP contribution in [-0.4, -0.2) is 33.2 Å². The van der Waals surface area contributed by atoms with Crippen LogP contribution in [-0.2, 0) is 9.59 Å². The van der Waals surface area contributed by atoms with Gasteiger partial charge in [0.2, 0.25) is 5.91 Å². The molecule has 39 heavy (non-hydrogen) atoms. The molecule has 2 heterocycles. The van der Waals surface area contributed by atoms with E-state index in [1.165, 1.54) is 28.4 Å². The number of amides is 1. The second kappa shape index (κ2) is 10.7. The number of aryl methyl sites for hydroxylation is 2. The van der Waals surface area contributed by atoms with Gasteiger partial charge in [-0.3, -0.25) is 9.59 Å². The summed E-state index contributed by atoms with van der Waals surface area (Å²) in [5.74, 6) is -4.08. The van der Waals surface area contributed by atoms with Crippen LogP contribution in [0.2, 0.25) is 0 Å². The molecule has 0 spiro atoms. The Hall–Kier alpha value is -3.32. The number of carbonyl (C=O) groups is 3. The van der Waals surface area contributed by atoms with Crippen LogP contribution in [0, 0.1) is 31.5 Å². The zero-order valence-corrected chi connectivity index (χ0v) is 23.3. The fourth-order valence-corrected chi connectivity index (χ4v) is 7.80. The highest BCUT2D eigenvalue weighted by Crippen LogP contribution is 2.58. The molecular formula is C32H34FNO4S. The van der Waals surface area contributed by atoms with E-state index in [1.807, 2.05) is 43.5 Å². The Morgan fingerprint density at radius 3 is 2.28 bits per heavy atom. The van der Waals surface area contributed by atoms with E-state index in [1.54, 1.807) is 25.1 Å². The molecule has 2 aliphatic rings. The van der Waals surface area contributed by atoms with E-state index in [0.717, 1.165) is 35.3 Å². The number of benzene rings is 2. The minimum atomic E-state index is -1.72. The predicted molar refractivity (Wildman–Crippen MR) is 149 cm³/mol. The maximum Gasteiger partial charge on any atom is 0.330 e. The lowest BCUT2D eigenvalue weighted by Gasteiger charge is -2.40. The van der Waals surface area contributed by atoms with Crippen molar-refractivity contribution in [3.63, 3.8) is 0 Å². The zero-order valence-electron chi connectivity index (χ0n) is 22.5. The summed E-state index contributed by atoms with van der Waals surface area (Å²) in [6.07, 6.45) is 4.31. The number of carbonyl (C=O) groups excluding carboxylic acids is 2. The minimum absolute atomic E-state index is 0.205. The molecule has 204 valence electrons. The third kappa shape index (κ3) is 4.71. The van der Waals surface area contributed by atoms with Crippen LogP contribution >= 0.6 is 11.3 Å². The summed E-state index contributed by atoms with van der Waals surface area (Å²) in [5, 5.41) is 12.8. The van der Waals surface area contributed by atoms with Crippen LogP contribution < -0.4 is 0 Å². The highest BCUT2D eigenvalue weighted by atomic mass is 32.1. The van der Waals surface area contributed by atoms with Gasteiger partial charge in [0, 0.05) is 22.3 Å². The number of carboxylic acids is 1. The van der Waals surface area contributed by atoms with Gasteiger partial charge < -0.3 is 10.0 Å². The summed E-state index contributed by atoms with van der Waals surface area (Å²) >= 11 is 1.45. The number of hydrogen-bond donors (Lipinski definition) is 1. The Balaban J connectivity index is 1.78. The van der Waals surface area contributed by atoms with E-state index >= 15 is 0 Å².